The lowest BCUT2D eigenvalue weighted by atomic mass is 9.89. The smallest absolute Gasteiger partial charge is 0.206 e. The van der Waals surface area contributed by atoms with Crippen LogP contribution < -0.4 is 4.90 Å². The number of anilines is 1. The number of carbonyl (C=O) groups is 1. The Kier molecular flexibility index (Phi) is 6.23. The van der Waals surface area contributed by atoms with Crippen molar-refractivity contribution >= 4 is 48.0 Å². The maximum absolute atomic E-state index is 13.2. The lowest BCUT2D eigenvalue weighted by Gasteiger charge is -2.32. The molecule has 0 aliphatic carbocycles. The maximum Gasteiger partial charge on any atom is 0.206 e. The molecule has 2 heterocycles. The van der Waals surface area contributed by atoms with Gasteiger partial charge in [-0.15, -0.1) is 0 Å². The van der Waals surface area contributed by atoms with Crippen LogP contribution >= 0.6 is 15.9 Å². The summed E-state index contributed by atoms with van der Waals surface area (Å²) in [4.78, 5) is 19.8. The number of carbonyl (C=O) groups excluding carboxylic acids is 1. The SMILES string of the molecule is O=C(c1ccc(S(=O)(=O)c2ccc3cc(Br)ccc3c2)cc1)C1CCN(c2ccncc2)CC1. The second-order valence-electron chi connectivity index (χ2n) is 8.51. The van der Waals surface area contributed by atoms with Gasteiger partial charge >= 0.3 is 0 Å². The molecule has 1 saturated heterocycles. The van der Waals surface area contributed by atoms with E-state index in [2.05, 4.69) is 25.8 Å². The third kappa shape index (κ3) is 4.50. The quantitative estimate of drug-likeness (QED) is 0.297. The summed E-state index contributed by atoms with van der Waals surface area (Å²) in [6.45, 7) is 1.62. The first-order chi connectivity index (χ1) is 16.4. The second-order valence-corrected chi connectivity index (χ2v) is 11.4. The van der Waals surface area contributed by atoms with Gasteiger partial charge in [0, 0.05) is 47.1 Å². The topological polar surface area (TPSA) is 67.3 Å². The summed E-state index contributed by atoms with van der Waals surface area (Å²) in [5.74, 6) is 0.0231. The number of piperidine rings is 1. The van der Waals surface area contributed by atoms with E-state index in [1.807, 2.05) is 36.4 Å². The van der Waals surface area contributed by atoms with E-state index < -0.39 is 9.84 Å². The van der Waals surface area contributed by atoms with Crippen LogP contribution in [0.1, 0.15) is 23.2 Å². The van der Waals surface area contributed by atoms with Crippen molar-refractivity contribution in [1.29, 1.82) is 0 Å². The molecule has 0 atom stereocenters. The predicted octanol–water partition coefficient (Wildman–Crippen LogP) is 5.93. The largest absolute Gasteiger partial charge is 0.371 e. The van der Waals surface area contributed by atoms with E-state index in [4.69, 9.17) is 0 Å². The molecular weight excluding hydrogens is 512 g/mol. The number of ketones is 1. The van der Waals surface area contributed by atoms with Gasteiger partial charge in [0.15, 0.2) is 5.78 Å². The van der Waals surface area contributed by atoms with Gasteiger partial charge in [0.2, 0.25) is 9.84 Å². The summed E-state index contributed by atoms with van der Waals surface area (Å²) in [5.41, 5.74) is 1.68. The predicted molar refractivity (Wildman–Crippen MR) is 137 cm³/mol. The average Bonchev–Trinajstić information content (AvgIpc) is 2.88. The molecule has 0 amide bonds. The Hall–Kier alpha value is -3.03. The lowest BCUT2D eigenvalue weighted by molar-refractivity contribution is 0.0900. The van der Waals surface area contributed by atoms with Gasteiger partial charge in [0.05, 0.1) is 9.79 Å². The van der Waals surface area contributed by atoms with Gasteiger partial charge in [0.25, 0.3) is 0 Å². The van der Waals surface area contributed by atoms with Crippen molar-refractivity contribution in [2.24, 2.45) is 5.92 Å². The number of nitrogens with zero attached hydrogens (tertiary/aromatic N) is 2. The van der Waals surface area contributed by atoms with Crippen molar-refractivity contribution in [3.05, 3.63) is 95.2 Å². The molecule has 1 aliphatic heterocycles. The van der Waals surface area contributed by atoms with E-state index in [1.165, 1.54) is 0 Å². The number of benzene rings is 3. The molecule has 5 rings (SSSR count). The van der Waals surface area contributed by atoms with Gasteiger partial charge in [-0.1, -0.05) is 40.2 Å². The minimum atomic E-state index is -3.68. The standard InChI is InChI=1S/C27H23BrN2O3S/c28-23-5-1-22-18-26(8-4-21(22)17-23)34(32,33)25-6-2-19(3-7-25)27(31)20-11-15-30(16-12-20)24-9-13-29-14-10-24/h1-10,13-14,17-18,20H,11-12,15-16H2. The zero-order chi connectivity index (χ0) is 23.7. The van der Waals surface area contributed by atoms with E-state index in [0.717, 1.165) is 46.9 Å². The van der Waals surface area contributed by atoms with Gasteiger partial charge in [-0.3, -0.25) is 9.78 Å². The van der Waals surface area contributed by atoms with Crippen LogP contribution in [0.2, 0.25) is 0 Å². The molecule has 1 aromatic heterocycles. The molecule has 172 valence electrons. The van der Waals surface area contributed by atoms with Crippen LogP contribution in [0.15, 0.2) is 99.5 Å². The van der Waals surface area contributed by atoms with Crippen molar-refractivity contribution in [2.75, 3.05) is 18.0 Å². The highest BCUT2D eigenvalue weighted by atomic mass is 79.9. The summed E-state index contributed by atoms with van der Waals surface area (Å²) in [5, 5.41) is 1.82. The minimum absolute atomic E-state index is 0.0552. The Balaban J connectivity index is 1.30. The van der Waals surface area contributed by atoms with E-state index in [-0.39, 0.29) is 21.5 Å². The van der Waals surface area contributed by atoms with Crippen LogP contribution in [-0.2, 0) is 9.84 Å². The number of hydrogen-bond acceptors (Lipinski definition) is 5. The van der Waals surface area contributed by atoms with Crippen LogP contribution in [0.3, 0.4) is 0 Å². The molecule has 0 bridgehead atoms. The molecule has 7 heteroatoms. The summed E-state index contributed by atoms with van der Waals surface area (Å²) in [7, 11) is -3.68. The van der Waals surface area contributed by atoms with E-state index >= 15 is 0 Å². The normalized spacial score (nSPS) is 14.9. The molecule has 1 fully saturated rings. The fraction of sp³-hybridized carbons (Fsp3) is 0.185. The molecular formula is C27H23BrN2O3S. The number of pyridine rings is 1. The molecule has 1 aliphatic rings. The number of rotatable bonds is 5. The van der Waals surface area contributed by atoms with Gasteiger partial charge in [0.1, 0.15) is 0 Å². The van der Waals surface area contributed by atoms with Crippen molar-refractivity contribution in [3.63, 3.8) is 0 Å². The molecule has 0 unspecified atom stereocenters. The number of fused-ring (bicyclic) bond motifs is 1. The number of halogens is 1. The highest BCUT2D eigenvalue weighted by molar-refractivity contribution is 9.10. The fourth-order valence-electron chi connectivity index (χ4n) is 4.49. The Bertz CT molecular complexity index is 1450. The maximum atomic E-state index is 13.2. The third-order valence-electron chi connectivity index (χ3n) is 6.43. The zero-order valence-corrected chi connectivity index (χ0v) is 20.8. The molecule has 3 aromatic carbocycles. The van der Waals surface area contributed by atoms with Crippen LogP contribution in [0.5, 0.6) is 0 Å². The molecule has 0 saturated carbocycles. The Morgan fingerprint density at radius 2 is 1.44 bits per heavy atom. The third-order valence-corrected chi connectivity index (χ3v) is 8.69. The summed E-state index contributed by atoms with van der Waals surface area (Å²) < 4.78 is 27.3. The van der Waals surface area contributed by atoms with Crippen LogP contribution in [-0.4, -0.2) is 32.3 Å². The second kappa shape index (κ2) is 9.31. The van der Waals surface area contributed by atoms with Crippen molar-refractivity contribution in [3.8, 4) is 0 Å². The fourth-order valence-corrected chi connectivity index (χ4v) is 6.16. The lowest BCUT2D eigenvalue weighted by Crippen LogP contribution is -2.36. The average molecular weight is 535 g/mol. The van der Waals surface area contributed by atoms with Gasteiger partial charge in [-0.2, -0.15) is 0 Å². The van der Waals surface area contributed by atoms with E-state index in [9.17, 15) is 13.2 Å². The summed E-state index contributed by atoms with van der Waals surface area (Å²) in [6.07, 6.45) is 5.10. The van der Waals surface area contributed by atoms with E-state index in [1.54, 1.807) is 48.8 Å². The van der Waals surface area contributed by atoms with Gasteiger partial charge in [-0.05, 0) is 72.1 Å². The summed E-state index contributed by atoms with van der Waals surface area (Å²) >= 11 is 3.44. The first-order valence-electron chi connectivity index (χ1n) is 11.2. The first kappa shape index (κ1) is 22.7. The number of sulfone groups is 1. The number of aromatic nitrogens is 1. The molecule has 5 nitrogen and oxygen atoms in total. The van der Waals surface area contributed by atoms with Crippen LogP contribution in [0.4, 0.5) is 5.69 Å². The van der Waals surface area contributed by atoms with Gasteiger partial charge < -0.3 is 4.90 Å². The van der Waals surface area contributed by atoms with Crippen molar-refractivity contribution < 1.29 is 13.2 Å². The van der Waals surface area contributed by atoms with Crippen LogP contribution in [0, 0.1) is 5.92 Å². The molecule has 0 N–H and O–H groups in total. The number of Topliss-reactive ketones (excluding diaryl/α,β-unsaturated/α-hetero) is 1. The monoisotopic (exact) mass is 534 g/mol. The van der Waals surface area contributed by atoms with Gasteiger partial charge in [-0.25, -0.2) is 8.42 Å². The van der Waals surface area contributed by atoms with Crippen LogP contribution in [0.25, 0.3) is 10.8 Å². The molecule has 0 spiro atoms. The minimum Gasteiger partial charge on any atom is -0.371 e. The highest BCUT2D eigenvalue weighted by Gasteiger charge is 2.26. The van der Waals surface area contributed by atoms with E-state index in [0.29, 0.717) is 5.56 Å². The van der Waals surface area contributed by atoms with Crippen molar-refractivity contribution in [1.82, 2.24) is 4.98 Å². The Labute approximate surface area is 207 Å². The first-order valence-corrected chi connectivity index (χ1v) is 13.4. The molecule has 4 aromatic rings. The summed E-state index contributed by atoms with van der Waals surface area (Å²) in [6, 6.07) is 21.2. The molecule has 34 heavy (non-hydrogen) atoms. The highest BCUT2D eigenvalue weighted by Crippen LogP contribution is 2.29. The van der Waals surface area contributed by atoms with Crippen molar-refractivity contribution in [2.45, 2.75) is 22.6 Å². The zero-order valence-electron chi connectivity index (χ0n) is 18.4. The Morgan fingerprint density at radius 3 is 2.15 bits per heavy atom. The Morgan fingerprint density at radius 1 is 0.824 bits per heavy atom. The molecule has 0 radical (unpaired) electrons. The number of hydrogen-bond donors (Lipinski definition) is 0.